The third-order valence-electron chi connectivity index (χ3n) is 8.95. The molecular weight excluding hydrogens is 374 g/mol. The second-order valence-electron chi connectivity index (χ2n) is 10.0. The number of carbonyl (C=O) groups is 1. The van der Waals surface area contributed by atoms with E-state index in [2.05, 4.69) is 30.8 Å². The Morgan fingerprint density at radius 1 is 1.36 bits per heavy atom. The summed E-state index contributed by atoms with van der Waals surface area (Å²) in [4.78, 5) is 14.9. The average molecular weight is 404 g/mol. The van der Waals surface area contributed by atoms with Gasteiger partial charge in [-0.05, 0) is 72.8 Å². The number of aliphatic hydroxyl groups is 1. The fourth-order valence-electron chi connectivity index (χ4n) is 7.24. The molecule has 0 saturated heterocycles. The van der Waals surface area contributed by atoms with Crippen LogP contribution in [0.5, 0.6) is 0 Å². The number of ketones is 1. The van der Waals surface area contributed by atoms with Gasteiger partial charge >= 0.3 is 0 Å². The molecule has 28 heavy (non-hydrogen) atoms. The molecule has 6 heteroatoms. The quantitative estimate of drug-likeness (QED) is 0.373. The minimum Gasteiger partial charge on any atom is -0.384 e. The van der Waals surface area contributed by atoms with Crippen LogP contribution in [0.1, 0.15) is 59.3 Å². The maximum absolute atomic E-state index is 12.1. The van der Waals surface area contributed by atoms with Gasteiger partial charge in [0.2, 0.25) is 0 Å². The van der Waals surface area contributed by atoms with Crippen molar-refractivity contribution in [3.63, 3.8) is 0 Å². The lowest BCUT2D eigenvalue weighted by atomic mass is 9.41. The molecule has 4 rings (SSSR count). The van der Waals surface area contributed by atoms with Gasteiger partial charge in [0.25, 0.3) is 0 Å². The summed E-state index contributed by atoms with van der Waals surface area (Å²) >= 11 is 6.52. The Balaban J connectivity index is 1.77. The molecule has 4 aliphatic carbocycles. The lowest BCUT2D eigenvalue weighted by Crippen LogP contribution is -2.62. The van der Waals surface area contributed by atoms with Gasteiger partial charge in [-0.1, -0.05) is 49.1 Å². The Morgan fingerprint density at radius 2 is 2.11 bits per heavy atom. The van der Waals surface area contributed by atoms with Crippen LogP contribution in [0.15, 0.2) is 27.9 Å². The first-order valence-electron chi connectivity index (χ1n) is 10.5. The summed E-state index contributed by atoms with van der Waals surface area (Å²) in [6, 6.07) is 0. The number of allylic oxidation sites excluding steroid dienone is 3. The monoisotopic (exact) mass is 403 g/mol. The molecule has 2 fully saturated rings. The normalized spacial score (nSPS) is 47.7. The van der Waals surface area contributed by atoms with Crippen LogP contribution in [0.3, 0.4) is 0 Å². The topological polar surface area (TPSA) is 86.1 Å². The van der Waals surface area contributed by atoms with Crippen molar-refractivity contribution in [1.29, 1.82) is 0 Å². The second-order valence-corrected chi connectivity index (χ2v) is 10.4. The predicted octanol–water partition coefficient (Wildman–Crippen LogP) is 5.54. The molecule has 0 aromatic carbocycles. The Labute approximate surface area is 171 Å². The van der Waals surface area contributed by atoms with Crippen molar-refractivity contribution in [3.05, 3.63) is 33.2 Å². The zero-order valence-electron chi connectivity index (χ0n) is 17.0. The Morgan fingerprint density at radius 3 is 2.82 bits per heavy atom. The number of azide groups is 1. The summed E-state index contributed by atoms with van der Waals surface area (Å²) in [5.74, 6) is 2.00. The minimum absolute atomic E-state index is 0.0193. The molecule has 0 aliphatic heterocycles. The molecule has 0 amide bonds. The molecule has 0 aromatic heterocycles. The summed E-state index contributed by atoms with van der Waals surface area (Å²) in [5, 5.41) is 15.8. The van der Waals surface area contributed by atoms with E-state index in [0.717, 1.165) is 32.1 Å². The van der Waals surface area contributed by atoms with E-state index < -0.39 is 11.0 Å². The van der Waals surface area contributed by atoms with Gasteiger partial charge in [-0.15, -0.1) is 0 Å². The maximum Gasteiger partial charge on any atom is 0.155 e. The summed E-state index contributed by atoms with van der Waals surface area (Å²) in [7, 11) is 0. The SMILES string of the molecule is C[C@@H]1CC2=CC(=O)CC[C@]2(C)[C@H]2CC[C@@]3(C)[C@@H](CC=C(Cl)[C@@]3(O)CN=[N+]=[N-])[C@H]12. The number of fused-ring (bicyclic) bond motifs is 5. The first-order chi connectivity index (χ1) is 13.2. The fraction of sp³-hybridized carbons (Fsp3) is 0.773. The molecule has 0 heterocycles. The molecule has 4 aliphatic rings. The molecule has 1 N–H and O–H groups in total. The zero-order chi connectivity index (χ0) is 20.3. The maximum atomic E-state index is 12.1. The summed E-state index contributed by atoms with van der Waals surface area (Å²) in [6.45, 7) is 6.78. The highest BCUT2D eigenvalue weighted by molar-refractivity contribution is 6.30. The number of carbonyl (C=O) groups excluding carboxylic acids is 1. The molecular formula is C22H30ClN3O2. The number of rotatable bonds is 2. The second kappa shape index (κ2) is 6.62. The van der Waals surface area contributed by atoms with Crippen LogP contribution in [0.4, 0.5) is 0 Å². The largest absolute Gasteiger partial charge is 0.384 e. The van der Waals surface area contributed by atoms with Crippen LogP contribution < -0.4 is 0 Å². The van der Waals surface area contributed by atoms with Crippen molar-refractivity contribution in [2.45, 2.75) is 64.9 Å². The summed E-state index contributed by atoms with van der Waals surface area (Å²) in [5.41, 5.74) is 8.56. The van der Waals surface area contributed by atoms with Crippen LogP contribution in [0.25, 0.3) is 10.4 Å². The van der Waals surface area contributed by atoms with Gasteiger partial charge in [0, 0.05) is 21.8 Å². The highest BCUT2D eigenvalue weighted by Gasteiger charge is 2.63. The first kappa shape index (κ1) is 20.0. The molecule has 0 spiro atoms. The zero-order valence-corrected chi connectivity index (χ0v) is 17.7. The third kappa shape index (κ3) is 2.56. The first-order valence-corrected chi connectivity index (χ1v) is 10.9. The molecule has 152 valence electrons. The number of hydrogen-bond acceptors (Lipinski definition) is 3. The van der Waals surface area contributed by atoms with Crippen LogP contribution in [0, 0.1) is 34.5 Å². The van der Waals surface area contributed by atoms with E-state index in [1.54, 1.807) is 0 Å². The van der Waals surface area contributed by atoms with Crippen molar-refractivity contribution in [1.82, 2.24) is 0 Å². The molecule has 0 unspecified atom stereocenters. The van der Waals surface area contributed by atoms with Gasteiger partial charge in [-0.3, -0.25) is 4.79 Å². The lowest BCUT2D eigenvalue weighted by Gasteiger charge is -2.64. The standard InChI is InChI=1S/C22H30ClN3O2/c1-13-10-14-11-15(27)6-8-20(14,2)16-7-9-21(3)17(19(13)16)4-5-18(23)22(21,28)12-25-26-24/h5,11,13,16-17,19,28H,4,6-10,12H2,1-3H3/t13-,16+,17+,19-,20+,21+,22+/m1/s1. The van der Waals surface area contributed by atoms with Gasteiger partial charge in [0.1, 0.15) is 5.60 Å². The number of hydrogen-bond donors (Lipinski definition) is 1. The highest BCUT2D eigenvalue weighted by Crippen LogP contribution is 2.67. The van der Waals surface area contributed by atoms with Gasteiger partial charge in [0.15, 0.2) is 5.78 Å². The van der Waals surface area contributed by atoms with E-state index in [0.29, 0.717) is 35.1 Å². The van der Waals surface area contributed by atoms with Crippen molar-refractivity contribution >= 4 is 17.4 Å². The number of nitrogens with zero attached hydrogens (tertiary/aromatic N) is 3. The highest BCUT2D eigenvalue weighted by atomic mass is 35.5. The van der Waals surface area contributed by atoms with Gasteiger partial charge in [0.05, 0.1) is 6.54 Å². The van der Waals surface area contributed by atoms with E-state index in [9.17, 15) is 9.90 Å². The van der Waals surface area contributed by atoms with Crippen LogP contribution in [0.2, 0.25) is 0 Å². The smallest absolute Gasteiger partial charge is 0.155 e. The predicted molar refractivity (Wildman–Crippen MR) is 110 cm³/mol. The Bertz CT molecular complexity index is 817. The van der Waals surface area contributed by atoms with E-state index in [4.69, 9.17) is 17.1 Å². The molecule has 5 nitrogen and oxygen atoms in total. The Hall–Kier alpha value is -1.29. The summed E-state index contributed by atoms with van der Waals surface area (Å²) < 4.78 is 0. The minimum atomic E-state index is -1.30. The van der Waals surface area contributed by atoms with Crippen LogP contribution in [-0.4, -0.2) is 23.0 Å². The van der Waals surface area contributed by atoms with Gasteiger partial charge < -0.3 is 5.11 Å². The third-order valence-corrected chi connectivity index (χ3v) is 9.42. The lowest BCUT2D eigenvalue weighted by molar-refractivity contribution is -0.157. The summed E-state index contributed by atoms with van der Waals surface area (Å²) in [6.07, 6.45) is 9.14. The molecule has 7 atom stereocenters. The van der Waals surface area contributed by atoms with Crippen molar-refractivity contribution in [3.8, 4) is 0 Å². The van der Waals surface area contributed by atoms with Crippen molar-refractivity contribution < 1.29 is 9.90 Å². The van der Waals surface area contributed by atoms with E-state index in [1.807, 2.05) is 12.2 Å². The van der Waals surface area contributed by atoms with Gasteiger partial charge in [-0.2, -0.15) is 0 Å². The molecule has 2 saturated carbocycles. The Kier molecular flexibility index (Phi) is 4.73. The average Bonchev–Trinajstić information content (AvgIpc) is 2.65. The van der Waals surface area contributed by atoms with Gasteiger partial charge in [-0.25, -0.2) is 0 Å². The van der Waals surface area contributed by atoms with E-state index >= 15 is 0 Å². The molecule has 0 aromatic rings. The fourth-order valence-corrected chi connectivity index (χ4v) is 7.61. The molecule has 0 bridgehead atoms. The number of halogens is 1. The van der Waals surface area contributed by atoms with Crippen LogP contribution in [-0.2, 0) is 4.79 Å². The van der Waals surface area contributed by atoms with Crippen molar-refractivity contribution in [2.75, 3.05) is 6.54 Å². The van der Waals surface area contributed by atoms with E-state index in [-0.39, 0.29) is 17.7 Å². The van der Waals surface area contributed by atoms with Crippen molar-refractivity contribution in [2.24, 2.45) is 39.6 Å². The molecule has 0 radical (unpaired) electrons. The van der Waals surface area contributed by atoms with E-state index in [1.165, 1.54) is 5.57 Å². The van der Waals surface area contributed by atoms with Crippen LogP contribution >= 0.6 is 11.6 Å².